The summed E-state index contributed by atoms with van der Waals surface area (Å²) in [6, 6.07) is 18.0. The Labute approximate surface area is 277 Å². The van der Waals surface area contributed by atoms with Gasteiger partial charge in [0.15, 0.2) is 0 Å². The molecule has 0 heterocycles. The number of amides is 5. The topological polar surface area (TPSA) is 212 Å². The summed E-state index contributed by atoms with van der Waals surface area (Å²) < 4.78 is 0. The molecular formula is C34H39N5O9. The molecule has 0 radical (unpaired) electrons. The summed E-state index contributed by atoms with van der Waals surface area (Å²) in [5.74, 6) is -4.18. The first-order valence-corrected chi connectivity index (χ1v) is 15.1. The molecule has 0 spiro atoms. The molecule has 48 heavy (non-hydrogen) atoms. The molecule has 0 aliphatic carbocycles. The first-order valence-electron chi connectivity index (χ1n) is 15.1. The van der Waals surface area contributed by atoms with Gasteiger partial charge in [0.1, 0.15) is 30.1 Å². The molecule has 0 saturated carbocycles. The fourth-order valence-corrected chi connectivity index (χ4v) is 4.42. The van der Waals surface area contributed by atoms with E-state index in [1.54, 1.807) is 30.3 Å². The van der Waals surface area contributed by atoms with Crippen LogP contribution in [-0.4, -0.2) is 70.9 Å². The molecule has 5 amide bonds. The summed E-state index contributed by atoms with van der Waals surface area (Å²) in [6.07, 6.45) is 0.162. The lowest BCUT2D eigenvalue weighted by molar-refractivity contribution is -0.157. The number of hydroxylamine groups is 1. The molecule has 0 fully saturated rings. The maximum atomic E-state index is 13.5. The quantitative estimate of drug-likeness (QED) is 0.116. The number of phenols is 2. The molecule has 3 rings (SSSR count). The number of benzene rings is 3. The Kier molecular flexibility index (Phi) is 13.9. The van der Waals surface area contributed by atoms with Crippen molar-refractivity contribution in [2.45, 2.75) is 45.2 Å². The zero-order valence-electron chi connectivity index (χ0n) is 26.5. The van der Waals surface area contributed by atoms with Gasteiger partial charge in [-0.05, 0) is 59.9 Å². The maximum Gasteiger partial charge on any atom is 0.351 e. The van der Waals surface area contributed by atoms with E-state index >= 15 is 0 Å². The van der Waals surface area contributed by atoms with E-state index in [1.165, 1.54) is 48.5 Å². The Bertz CT molecular complexity index is 1560. The SMILES string of the molecule is CC(C)C[C@H](NC(=O)[C@H](Cc1ccccc1)NC(=O)CNC(=O)c1ccc(O)cc1)C(=O)NCC(=O)ONC(=O)Cc1ccc(O)cc1. The number of carbonyl (C=O) groups is 6. The van der Waals surface area contributed by atoms with Crippen molar-refractivity contribution in [1.82, 2.24) is 26.7 Å². The van der Waals surface area contributed by atoms with Crippen molar-refractivity contribution in [3.8, 4) is 11.5 Å². The highest BCUT2D eigenvalue weighted by Gasteiger charge is 2.28. The number of phenolic OH excluding ortho intramolecular Hbond substituents is 2. The highest BCUT2D eigenvalue weighted by Crippen LogP contribution is 2.11. The van der Waals surface area contributed by atoms with Gasteiger partial charge in [-0.25, -0.2) is 4.79 Å². The molecule has 3 aromatic carbocycles. The predicted octanol–water partition coefficient (Wildman–Crippen LogP) is 1.02. The van der Waals surface area contributed by atoms with Gasteiger partial charge in [-0.2, -0.15) is 5.48 Å². The second-order valence-electron chi connectivity index (χ2n) is 11.3. The average molecular weight is 662 g/mol. The van der Waals surface area contributed by atoms with Gasteiger partial charge in [0.2, 0.25) is 17.7 Å². The fraction of sp³-hybridized carbons (Fsp3) is 0.294. The second-order valence-corrected chi connectivity index (χ2v) is 11.3. The number of hydrogen-bond acceptors (Lipinski definition) is 9. The van der Waals surface area contributed by atoms with E-state index in [1.807, 2.05) is 19.3 Å². The van der Waals surface area contributed by atoms with Crippen LogP contribution in [0.2, 0.25) is 0 Å². The van der Waals surface area contributed by atoms with Crippen LogP contribution in [0.5, 0.6) is 11.5 Å². The van der Waals surface area contributed by atoms with Crippen LogP contribution in [-0.2, 0) is 41.7 Å². The Morgan fingerprint density at radius 3 is 1.92 bits per heavy atom. The first-order chi connectivity index (χ1) is 22.9. The molecule has 7 N–H and O–H groups in total. The van der Waals surface area contributed by atoms with Crippen LogP contribution in [0.4, 0.5) is 0 Å². The maximum absolute atomic E-state index is 13.5. The summed E-state index contributed by atoms with van der Waals surface area (Å²) >= 11 is 0. The molecule has 14 heteroatoms. The first kappa shape index (κ1) is 36.5. The van der Waals surface area contributed by atoms with Gasteiger partial charge in [-0.3, -0.25) is 24.0 Å². The van der Waals surface area contributed by atoms with Crippen molar-refractivity contribution in [3.63, 3.8) is 0 Å². The highest BCUT2D eigenvalue weighted by atomic mass is 16.7. The molecule has 0 aliphatic rings. The van der Waals surface area contributed by atoms with Crippen molar-refractivity contribution in [3.05, 3.63) is 95.6 Å². The Morgan fingerprint density at radius 2 is 1.29 bits per heavy atom. The molecule has 0 bridgehead atoms. The number of hydrogen-bond donors (Lipinski definition) is 7. The zero-order valence-corrected chi connectivity index (χ0v) is 26.5. The summed E-state index contributed by atoms with van der Waals surface area (Å²) in [6.45, 7) is 2.63. The number of carbonyl (C=O) groups excluding carboxylic acids is 6. The van der Waals surface area contributed by atoms with E-state index in [0.717, 1.165) is 5.56 Å². The third-order valence-corrected chi connectivity index (χ3v) is 6.80. The lowest BCUT2D eigenvalue weighted by Gasteiger charge is -2.24. The lowest BCUT2D eigenvalue weighted by atomic mass is 10.0. The monoisotopic (exact) mass is 661 g/mol. The van der Waals surface area contributed by atoms with Crippen LogP contribution in [0, 0.1) is 5.92 Å². The summed E-state index contributed by atoms with van der Waals surface area (Å²) in [4.78, 5) is 80.8. The Hall–Kier alpha value is -5.92. The van der Waals surface area contributed by atoms with Gasteiger partial charge in [0, 0.05) is 12.0 Å². The van der Waals surface area contributed by atoms with Crippen LogP contribution in [0.3, 0.4) is 0 Å². The normalized spacial score (nSPS) is 11.8. The Balaban J connectivity index is 1.57. The van der Waals surface area contributed by atoms with Crippen molar-refractivity contribution in [2.24, 2.45) is 5.92 Å². The summed E-state index contributed by atoms with van der Waals surface area (Å²) in [7, 11) is 0. The number of aromatic hydroxyl groups is 2. The van der Waals surface area contributed by atoms with Crippen LogP contribution in [0.25, 0.3) is 0 Å². The van der Waals surface area contributed by atoms with Crippen LogP contribution in [0.15, 0.2) is 78.9 Å². The molecule has 0 aromatic heterocycles. The van der Waals surface area contributed by atoms with E-state index in [4.69, 9.17) is 4.84 Å². The fourth-order valence-electron chi connectivity index (χ4n) is 4.42. The van der Waals surface area contributed by atoms with Crippen molar-refractivity contribution >= 4 is 35.5 Å². The molecule has 0 aliphatic heterocycles. The van der Waals surface area contributed by atoms with E-state index in [0.29, 0.717) is 5.56 Å². The highest BCUT2D eigenvalue weighted by molar-refractivity contribution is 5.97. The standard InChI is InChI=1S/C34H39N5O9/c1-21(2)16-27(33(46)36-20-31(44)48-39-29(42)18-23-8-12-25(40)13-9-23)38-34(47)28(17-22-6-4-3-5-7-22)37-30(43)19-35-32(45)24-10-14-26(41)15-11-24/h3-15,21,27-28,40-41H,16-20H2,1-2H3,(H,35,45)(H,36,46)(H,37,43)(H,38,47)(H,39,42)/t27-,28-/m0/s1. The van der Waals surface area contributed by atoms with Crippen LogP contribution >= 0.6 is 0 Å². The van der Waals surface area contributed by atoms with E-state index in [9.17, 15) is 39.0 Å². The number of nitrogens with one attached hydrogen (secondary N) is 5. The van der Waals surface area contributed by atoms with Gasteiger partial charge in [0.05, 0.1) is 13.0 Å². The van der Waals surface area contributed by atoms with Gasteiger partial charge in [-0.15, -0.1) is 0 Å². The van der Waals surface area contributed by atoms with Gasteiger partial charge in [0.25, 0.3) is 11.8 Å². The van der Waals surface area contributed by atoms with Gasteiger partial charge >= 0.3 is 5.97 Å². The van der Waals surface area contributed by atoms with E-state index in [-0.39, 0.29) is 42.2 Å². The predicted molar refractivity (Wildman–Crippen MR) is 173 cm³/mol. The Morgan fingerprint density at radius 1 is 0.667 bits per heavy atom. The largest absolute Gasteiger partial charge is 0.508 e. The smallest absolute Gasteiger partial charge is 0.351 e. The minimum atomic E-state index is -1.12. The minimum Gasteiger partial charge on any atom is -0.508 e. The van der Waals surface area contributed by atoms with Crippen LogP contribution < -0.4 is 26.7 Å². The van der Waals surface area contributed by atoms with Gasteiger partial charge < -0.3 is 36.3 Å². The minimum absolute atomic E-state index is 0.0184. The third-order valence-electron chi connectivity index (χ3n) is 6.80. The van der Waals surface area contributed by atoms with Crippen molar-refractivity contribution in [1.29, 1.82) is 0 Å². The van der Waals surface area contributed by atoms with E-state index in [2.05, 4.69) is 21.3 Å². The molecule has 2 atom stereocenters. The zero-order chi connectivity index (χ0) is 35.1. The third kappa shape index (κ3) is 12.8. The lowest BCUT2D eigenvalue weighted by Crippen LogP contribution is -2.56. The van der Waals surface area contributed by atoms with Crippen LogP contribution in [0.1, 0.15) is 41.8 Å². The number of rotatable bonds is 15. The summed E-state index contributed by atoms with van der Waals surface area (Å²) in [5, 5.41) is 28.9. The molecule has 254 valence electrons. The van der Waals surface area contributed by atoms with Gasteiger partial charge in [-0.1, -0.05) is 56.3 Å². The van der Waals surface area contributed by atoms with Crippen molar-refractivity contribution in [2.75, 3.05) is 13.1 Å². The molecule has 14 nitrogen and oxygen atoms in total. The average Bonchev–Trinajstić information content (AvgIpc) is 3.06. The van der Waals surface area contributed by atoms with E-state index < -0.39 is 60.7 Å². The molecule has 0 unspecified atom stereocenters. The molecule has 3 aromatic rings. The van der Waals surface area contributed by atoms with Crippen molar-refractivity contribution < 1.29 is 43.8 Å². The molecular weight excluding hydrogens is 622 g/mol. The molecule has 0 saturated heterocycles. The second kappa shape index (κ2) is 18.3. The summed E-state index contributed by atoms with van der Waals surface area (Å²) in [5.41, 5.74) is 3.52.